The zero-order valence-corrected chi connectivity index (χ0v) is 26.3. The Kier molecular flexibility index (Phi) is 8.56. The summed E-state index contributed by atoms with van der Waals surface area (Å²) < 4.78 is 13.2. The van der Waals surface area contributed by atoms with Crippen LogP contribution in [0.4, 0.5) is 5.69 Å². The molecule has 1 atom stereocenters. The number of ether oxygens (including phenoxy) is 2. The molecule has 4 rings (SSSR count). The van der Waals surface area contributed by atoms with Crippen LogP contribution in [0.3, 0.4) is 0 Å². The first kappa shape index (κ1) is 29.9. The summed E-state index contributed by atoms with van der Waals surface area (Å²) in [5.41, 5.74) is 3.94. The van der Waals surface area contributed by atoms with Gasteiger partial charge in [-0.05, 0) is 24.6 Å². The van der Waals surface area contributed by atoms with Crippen LogP contribution in [0.15, 0.2) is 36.7 Å². The molecular weight excluding hydrogens is 520 g/mol. The molecule has 0 radical (unpaired) electrons. The van der Waals surface area contributed by atoms with Gasteiger partial charge >= 0.3 is 5.97 Å². The van der Waals surface area contributed by atoms with Gasteiger partial charge in [-0.15, -0.1) is 0 Å². The maximum atomic E-state index is 13.4. The molecule has 40 heavy (non-hydrogen) atoms. The number of aromatic nitrogens is 3. The Balaban J connectivity index is 1.62. The minimum Gasteiger partial charge on any atom is -0.465 e. The molecular formula is C31H44N4O4Si. The minimum absolute atomic E-state index is 0.0303. The third-order valence-electron chi connectivity index (χ3n) is 7.41. The Morgan fingerprint density at radius 3 is 2.60 bits per heavy atom. The second-order valence-corrected chi connectivity index (χ2v) is 19.3. The summed E-state index contributed by atoms with van der Waals surface area (Å²) in [6.45, 7) is 19.5. The van der Waals surface area contributed by atoms with Crippen molar-refractivity contribution in [2.24, 2.45) is 10.8 Å². The molecule has 1 aromatic carbocycles. The maximum Gasteiger partial charge on any atom is 0.302 e. The summed E-state index contributed by atoms with van der Waals surface area (Å²) in [4.78, 5) is 36.9. The van der Waals surface area contributed by atoms with Gasteiger partial charge in [0.05, 0.1) is 24.1 Å². The quantitative estimate of drug-likeness (QED) is 0.122. The highest BCUT2D eigenvalue weighted by atomic mass is 28.3. The topological polar surface area (TPSA) is 86.5 Å². The number of hydrogen-bond donors (Lipinski definition) is 0. The van der Waals surface area contributed by atoms with Gasteiger partial charge in [0, 0.05) is 63.0 Å². The molecule has 9 heteroatoms. The zero-order valence-electron chi connectivity index (χ0n) is 25.3. The van der Waals surface area contributed by atoms with Crippen molar-refractivity contribution >= 4 is 36.7 Å². The molecule has 1 unspecified atom stereocenters. The third-order valence-corrected chi connectivity index (χ3v) is 9.11. The fourth-order valence-electron chi connectivity index (χ4n) is 4.90. The van der Waals surface area contributed by atoms with Crippen LogP contribution in [0.2, 0.25) is 25.7 Å². The van der Waals surface area contributed by atoms with Gasteiger partial charge in [0.15, 0.2) is 11.4 Å². The molecule has 8 nitrogen and oxygen atoms in total. The number of carbonyl (C=O) groups excluding carboxylic acids is 2. The Morgan fingerprint density at radius 1 is 1.18 bits per heavy atom. The van der Waals surface area contributed by atoms with Gasteiger partial charge in [-0.1, -0.05) is 59.5 Å². The van der Waals surface area contributed by atoms with Crippen molar-refractivity contribution in [1.29, 1.82) is 0 Å². The first-order chi connectivity index (χ1) is 18.7. The lowest BCUT2D eigenvalue weighted by Crippen LogP contribution is -2.29. The fraction of sp³-hybridized carbons (Fsp3) is 0.548. The number of Topliss-reactive ketones (excluding diaryl/α,β-unsaturated/α-hetero) is 1. The minimum atomic E-state index is -1.20. The molecule has 0 spiro atoms. The molecule has 0 saturated carbocycles. The largest absolute Gasteiger partial charge is 0.465 e. The third kappa shape index (κ3) is 7.17. The van der Waals surface area contributed by atoms with Crippen LogP contribution in [0.5, 0.6) is 0 Å². The van der Waals surface area contributed by atoms with E-state index in [1.165, 1.54) is 6.92 Å². The average Bonchev–Trinajstić information content (AvgIpc) is 3.45. The molecule has 1 saturated heterocycles. The van der Waals surface area contributed by atoms with Crippen molar-refractivity contribution < 1.29 is 19.1 Å². The monoisotopic (exact) mass is 564 g/mol. The van der Waals surface area contributed by atoms with Crippen LogP contribution in [-0.4, -0.2) is 60.7 Å². The van der Waals surface area contributed by atoms with E-state index in [4.69, 9.17) is 19.4 Å². The van der Waals surface area contributed by atoms with Crippen molar-refractivity contribution in [3.8, 4) is 11.3 Å². The highest BCUT2D eigenvalue weighted by Crippen LogP contribution is 2.35. The normalized spacial score (nSPS) is 17.9. The van der Waals surface area contributed by atoms with Crippen molar-refractivity contribution in [2.75, 3.05) is 31.2 Å². The van der Waals surface area contributed by atoms with E-state index in [2.05, 4.69) is 43.6 Å². The number of nitrogens with zero attached hydrogens (tertiary/aromatic N) is 4. The molecule has 0 amide bonds. The summed E-state index contributed by atoms with van der Waals surface area (Å²) in [5.74, 6) is -0.213. The number of anilines is 1. The summed E-state index contributed by atoms with van der Waals surface area (Å²) in [6, 6.07) is 9.34. The molecule has 1 aliphatic rings. The Bertz CT molecular complexity index is 1390. The number of esters is 1. The second-order valence-electron chi connectivity index (χ2n) is 13.7. The van der Waals surface area contributed by atoms with Gasteiger partial charge in [-0.25, -0.2) is 9.97 Å². The van der Waals surface area contributed by atoms with E-state index in [0.717, 1.165) is 42.5 Å². The molecule has 0 bridgehead atoms. The number of benzene rings is 1. The van der Waals surface area contributed by atoms with Crippen molar-refractivity contribution in [1.82, 2.24) is 14.5 Å². The molecule has 3 heterocycles. The zero-order chi connectivity index (χ0) is 29.3. The number of carbonyl (C=O) groups is 2. The van der Waals surface area contributed by atoms with E-state index in [1.807, 2.05) is 43.7 Å². The molecule has 2 aromatic heterocycles. The van der Waals surface area contributed by atoms with E-state index in [1.54, 1.807) is 6.20 Å². The highest BCUT2D eigenvalue weighted by molar-refractivity contribution is 6.76. The van der Waals surface area contributed by atoms with Gasteiger partial charge in [0.25, 0.3) is 0 Å². The molecule has 3 aromatic rings. The number of rotatable bonds is 10. The average molecular weight is 565 g/mol. The maximum absolute atomic E-state index is 13.4. The van der Waals surface area contributed by atoms with E-state index in [0.29, 0.717) is 36.7 Å². The predicted octanol–water partition coefficient (Wildman–Crippen LogP) is 6.42. The van der Waals surface area contributed by atoms with Crippen LogP contribution in [-0.2, 0) is 21.0 Å². The van der Waals surface area contributed by atoms with Crippen LogP contribution in [0, 0.1) is 10.8 Å². The van der Waals surface area contributed by atoms with E-state index in [-0.39, 0.29) is 17.2 Å². The molecule has 0 N–H and O–H groups in total. The number of hydrogen-bond acceptors (Lipinski definition) is 7. The van der Waals surface area contributed by atoms with Crippen LogP contribution in [0.1, 0.15) is 51.4 Å². The smallest absolute Gasteiger partial charge is 0.302 e. The van der Waals surface area contributed by atoms with Crippen molar-refractivity contribution in [3.05, 3.63) is 42.2 Å². The highest BCUT2D eigenvalue weighted by Gasteiger charge is 2.35. The SMILES string of the molecule is CC(=O)OCC1(C)CCN(c2cccc(-c3cnc4c(n3)c(C(=O)C(C)(C)C)cn4COCC[Si](C)(C)C)c2)C1. The molecule has 0 aliphatic carbocycles. The number of fused-ring (bicyclic) bond motifs is 1. The standard InChI is InChI=1S/C31H44N4O4Si/c1-22(36)39-20-31(5)12-13-34(19-31)24-11-9-10-23(16-24)26-17-32-29-27(33-26)25(28(37)30(2,3)4)18-35(29)21-38-14-15-40(6,7)8/h9-11,16-18H,12-15,19-21H2,1-8H3. The van der Waals surface area contributed by atoms with Gasteiger partial charge in [-0.2, -0.15) is 0 Å². The molecule has 1 fully saturated rings. The van der Waals surface area contributed by atoms with E-state index in [9.17, 15) is 9.59 Å². The van der Waals surface area contributed by atoms with Crippen molar-refractivity contribution in [2.45, 2.75) is 73.5 Å². The van der Waals surface area contributed by atoms with Crippen LogP contribution >= 0.6 is 0 Å². The van der Waals surface area contributed by atoms with Gasteiger partial charge in [0.1, 0.15) is 12.2 Å². The van der Waals surface area contributed by atoms with Crippen LogP contribution in [0.25, 0.3) is 22.4 Å². The lowest BCUT2D eigenvalue weighted by Gasteiger charge is -2.25. The summed E-state index contributed by atoms with van der Waals surface area (Å²) >= 11 is 0. The fourth-order valence-corrected chi connectivity index (χ4v) is 5.66. The molecule has 216 valence electrons. The number of ketones is 1. The Morgan fingerprint density at radius 2 is 1.93 bits per heavy atom. The summed E-state index contributed by atoms with van der Waals surface area (Å²) in [5, 5.41) is 0. The lowest BCUT2D eigenvalue weighted by molar-refractivity contribution is -0.143. The first-order valence-electron chi connectivity index (χ1n) is 14.1. The summed E-state index contributed by atoms with van der Waals surface area (Å²) in [7, 11) is -1.20. The van der Waals surface area contributed by atoms with Crippen LogP contribution < -0.4 is 4.90 Å². The van der Waals surface area contributed by atoms with Gasteiger partial charge in [-0.3, -0.25) is 9.59 Å². The van der Waals surface area contributed by atoms with Gasteiger partial charge in [0.2, 0.25) is 0 Å². The lowest BCUT2D eigenvalue weighted by atomic mass is 9.87. The van der Waals surface area contributed by atoms with E-state index >= 15 is 0 Å². The van der Waals surface area contributed by atoms with Gasteiger partial charge < -0.3 is 18.9 Å². The first-order valence-corrected chi connectivity index (χ1v) is 17.8. The Labute approximate surface area is 239 Å². The summed E-state index contributed by atoms with van der Waals surface area (Å²) in [6.07, 6.45) is 4.57. The molecule has 1 aliphatic heterocycles. The van der Waals surface area contributed by atoms with Crippen molar-refractivity contribution in [3.63, 3.8) is 0 Å². The van der Waals surface area contributed by atoms with E-state index < -0.39 is 13.5 Å². The second kappa shape index (κ2) is 11.4. The predicted molar refractivity (Wildman–Crippen MR) is 162 cm³/mol. The Hall–Kier alpha value is -3.04.